The molecule has 1 rings (SSSR count). The molecule has 0 radical (unpaired) electrons. The standard InChI is InChI=1S/C13H24N2OS/c1-3-15-13(2,11-14)7-4-10-17-12-5-8-16-9-6-12/h12,15H,3-10H2,1-2H3. The number of hydrogen-bond donors (Lipinski definition) is 1. The lowest BCUT2D eigenvalue weighted by molar-refractivity contribution is 0.1000. The van der Waals surface area contributed by atoms with Crippen molar-refractivity contribution < 1.29 is 4.74 Å². The fraction of sp³-hybridized carbons (Fsp3) is 0.923. The van der Waals surface area contributed by atoms with E-state index in [4.69, 9.17) is 10.00 Å². The van der Waals surface area contributed by atoms with Crippen LogP contribution in [0.2, 0.25) is 0 Å². The van der Waals surface area contributed by atoms with E-state index < -0.39 is 0 Å². The van der Waals surface area contributed by atoms with Crippen LogP contribution >= 0.6 is 11.8 Å². The molecule has 4 heteroatoms. The molecular formula is C13H24N2OS. The smallest absolute Gasteiger partial charge is 0.103 e. The second kappa shape index (κ2) is 7.97. The van der Waals surface area contributed by atoms with E-state index in [2.05, 4.69) is 11.4 Å². The first-order valence-corrected chi connectivity index (χ1v) is 7.60. The van der Waals surface area contributed by atoms with Gasteiger partial charge in [0.25, 0.3) is 0 Å². The highest BCUT2D eigenvalue weighted by Gasteiger charge is 2.21. The zero-order valence-corrected chi connectivity index (χ0v) is 11.8. The monoisotopic (exact) mass is 256 g/mol. The molecule has 1 aliphatic rings. The molecule has 0 spiro atoms. The molecule has 1 atom stereocenters. The van der Waals surface area contributed by atoms with E-state index in [0.717, 1.165) is 43.6 Å². The molecule has 0 bridgehead atoms. The molecule has 1 N–H and O–H groups in total. The molecular weight excluding hydrogens is 232 g/mol. The number of nitriles is 1. The Morgan fingerprint density at radius 2 is 2.18 bits per heavy atom. The molecule has 0 aromatic heterocycles. The number of nitrogens with one attached hydrogen (secondary N) is 1. The molecule has 0 aliphatic carbocycles. The molecule has 1 unspecified atom stereocenters. The quantitative estimate of drug-likeness (QED) is 0.711. The topological polar surface area (TPSA) is 45.0 Å². The molecule has 3 nitrogen and oxygen atoms in total. The Kier molecular flexibility index (Phi) is 6.94. The van der Waals surface area contributed by atoms with Gasteiger partial charge in [-0.2, -0.15) is 17.0 Å². The van der Waals surface area contributed by atoms with E-state index in [9.17, 15) is 0 Å². The van der Waals surface area contributed by atoms with Crippen molar-refractivity contribution >= 4 is 11.8 Å². The summed E-state index contributed by atoms with van der Waals surface area (Å²) in [7, 11) is 0. The zero-order chi connectivity index (χ0) is 12.6. The number of thioether (sulfide) groups is 1. The van der Waals surface area contributed by atoms with Gasteiger partial charge in [-0.25, -0.2) is 0 Å². The fourth-order valence-electron chi connectivity index (χ4n) is 2.09. The maximum absolute atomic E-state index is 9.13. The summed E-state index contributed by atoms with van der Waals surface area (Å²) in [5, 5.41) is 13.2. The van der Waals surface area contributed by atoms with Crippen molar-refractivity contribution in [1.82, 2.24) is 5.32 Å². The highest BCUT2D eigenvalue weighted by Crippen LogP contribution is 2.24. The van der Waals surface area contributed by atoms with Gasteiger partial charge in [-0.3, -0.25) is 5.32 Å². The van der Waals surface area contributed by atoms with Gasteiger partial charge < -0.3 is 4.74 Å². The van der Waals surface area contributed by atoms with Crippen molar-refractivity contribution in [2.75, 3.05) is 25.5 Å². The third kappa shape index (κ3) is 5.76. The molecule has 1 aliphatic heterocycles. The van der Waals surface area contributed by atoms with Crippen LogP contribution in [0.25, 0.3) is 0 Å². The predicted octanol–water partition coefficient (Wildman–Crippen LogP) is 2.57. The Balaban J connectivity index is 2.12. The second-order valence-electron chi connectivity index (χ2n) is 4.76. The molecule has 1 fully saturated rings. The van der Waals surface area contributed by atoms with Crippen LogP contribution in [0.4, 0.5) is 0 Å². The van der Waals surface area contributed by atoms with E-state index in [-0.39, 0.29) is 5.54 Å². The molecule has 0 aromatic rings. The third-order valence-corrected chi connectivity index (χ3v) is 4.62. The molecule has 17 heavy (non-hydrogen) atoms. The lowest BCUT2D eigenvalue weighted by Crippen LogP contribution is -2.40. The van der Waals surface area contributed by atoms with Gasteiger partial charge in [0.2, 0.25) is 0 Å². The Labute approximate surface area is 109 Å². The maximum atomic E-state index is 9.13. The third-order valence-electron chi connectivity index (χ3n) is 3.16. The Morgan fingerprint density at radius 3 is 2.76 bits per heavy atom. The summed E-state index contributed by atoms with van der Waals surface area (Å²) in [5.41, 5.74) is -0.342. The molecule has 1 heterocycles. The number of hydrogen-bond acceptors (Lipinski definition) is 4. The van der Waals surface area contributed by atoms with E-state index in [0.29, 0.717) is 0 Å². The number of rotatable bonds is 7. The summed E-state index contributed by atoms with van der Waals surface area (Å²) in [6.07, 6.45) is 4.42. The van der Waals surface area contributed by atoms with Crippen molar-refractivity contribution in [3.8, 4) is 6.07 Å². The maximum Gasteiger partial charge on any atom is 0.103 e. The van der Waals surface area contributed by atoms with Crippen LogP contribution < -0.4 is 5.32 Å². The average Bonchev–Trinajstić information content (AvgIpc) is 2.36. The Morgan fingerprint density at radius 1 is 1.47 bits per heavy atom. The van der Waals surface area contributed by atoms with Crippen molar-refractivity contribution in [1.29, 1.82) is 5.26 Å². The lowest BCUT2D eigenvalue weighted by atomic mass is 9.98. The predicted molar refractivity (Wildman–Crippen MR) is 73.2 cm³/mol. The molecule has 98 valence electrons. The minimum Gasteiger partial charge on any atom is -0.381 e. The summed E-state index contributed by atoms with van der Waals surface area (Å²) in [6, 6.07) is 2.38. The molecule has 0 aromatic carbocycles. The van der Waals surface area contributed by atoms with Crippen molar-refractivity contribution in [3.05, 3.63) is 0 Å². The lowest BCUT2D eigenvalue weighted by Gasteiger charge is -2.24. The summed E-state index contributed by atoms with van der Waals surface area (Å²) in [6.45, 7) is 6.75. The van der Waals surface area contributed by atoms with Gasteiger partial charge in [-0.1, -0.05) is 6.92 Å². The van der Waals surface area contributed by atoms with Gasteiger partial charge in [0.1, 0.15) is 5.54 Å². The summed E-state index contributed by atoms with van der Waals surface area (Å²) in [5.74, 6) is 1.16. The molecule has 1 saturated heterocycles. The van der Waals surface area contributed by atoms with Crippen LogP contribution in [0.15, 0.2) is 0 Å². The van der Waals surface area contributed by atoms with Gasteiger partial charge in [0, 0.05) is 18.5 Å². The second-order valence-corrected chi connectivity index (χ2v) is 6.17. The van der Waals surface area contributed by atoms with Crippen LogP contribution in [-0.2, 0) is 4.74 Å². The average molecular weight is 256 g/mol. The highest BCUT2D eigenvalue weighted by molar-refractivity contribution is 7.99. The molecule has 0 amide bonds. The Hall–Kier alpha value is -0.240. The van der Waals surface area contributed by atoms with Gasteiger partial charge >= 0.3 is 0 Å². The highest BCUT2D eigenvalue weighted by atomic mass is 32.2. The number of nitrogens with zero attached hydrogens (tertiary/aromatic N) is 1. The Bertz CT molecular complexity index is 248. The van der Waals surface area contributed by atoms with Crippen molar-refractivity contribution in [2.45, 2.75) is 50.3 Å². The first kappa shape index (κ1) is 14.8. The number of ether oxygens (including phenoxy) is 1. The first-order valence-electron chi connectivity index (χ1n) is 6.56. The van der Waals surface area contributed by atoms with E-state index in [1.165, 1.54) is 12.8 Å². The van der Waals surface area contributed by atoms with E-state index in [1.807, 2.05) is 25.6 Å². The zero-order valence-electron chi connectivity index (χ0n) is 11.0. The van der Waals surface area contributed by atoms with Crippen molar-refractivity contribution in [3.63, 3.8) is 0 Å². The molecule has 0 saturated carbocycles. The van der Waals surface area contributed by atoms with Crippen LogP contribution in [0, 0.1) is 11.3 Å². The van der Waals surface area contributed by atoms with Gasteiger partial charge in [0.05, 0.1) is 6.07 Å². The van der Waals surface area contributed by atoms with Gasteiger partial charge in [0.15, 0.2) is 0 Å². The first-order chi connectivity index (χ1) is 8.20. The minimum absolute atomic E-state index is 0.342. The van der Waals surface area contributed by atoms with Crippen LogP contribution in [0.3, 0.4) is 0 Å². The van der Waals surface area contributed by atoms with Crippen molar-refractivity contribution in [2.24, 2.45) is 0 Å². The SMILES string of the molecule is CCNC(C)(C#N)CCCSC1CCOCC1. The van der Waals surface area contributed by atoms with Crippen LogP contribution in [-0.4, -0.2) is 36.3 Å². The largest absolute Gasteiger partial charge is 0.381 e. The summed E-state index contributed by atoms with van der Waals surface area (Å²) in [4.78, 5) is 0. The van der Waals surface area contributed by atoms with Gasteiger partial charge in [-0.15, -0.1) is 0 Å². The summed E-state index contributed by atoms with van der Waals surface area (Å²) >= 11 is 2.05. The normalized spacial score (nSPS) is 20.8. The minimum atomic E-state index is -0.342. The van der Waals surface area contributed by atoms with E-state index in [1.54, 1.807) is 0 Å². The van der Waals surface area contributed by atoms with E-state index >= 15 is 0 Å². The summed E-state index contributed by atoms with van der Waals surface area (Å²) < 4.78 is 5.34. The van der Waals surface area contributed by atoms with Crippen LogP contribution in [0.5, 0.6) is 0 Å². The fourth-order valence-corrected chi connectivity index (χ4v) is 3.26. The van der Waals surface area contributed by atoms with Crippen LogP contribution in [0.1, 0.15) is 39.5 Å². The van der Waals surface area contributed by atoms with Gasteiger partial charge in [-0.05, 0) is 44.9 Å².